The highest BCUT2D eigenvalue weighted by molar-refractivity contribution is 6.31. The minimum absolute atomic E-state index is 0.00884. The number of H-pyrrole nitrogens is 1. The van der Waals surface area contributed by atoms with E-state index < -0.39 is 0 Å². The molecule has 0 bridgehead atoms. The van der Waals surface area contributed by atoms with Crippen molar-refractivity contribution < 1.29 is 0 Å². The first-order valence-electron chi connectivity index (χ1n) is 8.81. The number of benzene rings is 1. The quantitative estimate of drug-likeness (QED) is 0.769. The summed E-state index contributed by atoms with van der Waals surface area (Å²) in [6.45, 7) is 0.776. The molecule has 0 radical (unpaired) electrons. The molecule has 1 atom stereocenters. The van der Waals surface area contributed by atoms with E-state index in [1.165, 1.54) is 0 Å². The zero-order chi connectivity index (χ0) is 18.1. The molecule has 1 N–H and O–H groups in total. The molecule has 1 aromatic carbocycles. The van der Waals surface area contributed by atoms with Gasteiger partial charge in [-0.1, -0.05) is 35.9 Å². The Labute approximate surface area is 157 Å². The zero-order valence-electron chi connectivity index (χ0n) is 14.7. The number of likely N-dealkylation sites (N-methyl/N-ethyl adjacent to an activating group) is 1. The Balaban J connectivity index is 1.55. The topological polar surface area (TPSA) is 53.9 Å². The first-order valence-corrected chi connectivity index (χ1v) is 9.19. The lowest BCUT2D eigenvalue weighted by atomic mass is 9.92. The molecule has 0 spiro atoms. The minimum atomic E-state index is 0.00884. The van der Waals surface area contributed by atoms with Gasteiger partial charge in [0.05, 0.1) is 0 Å². The van der Waals surface area contributed by atoms with Gasteiger partial charge in [0.2, 0.25) is 0 Å². The smallest absolute Gasteiger partial charge is 0.276 e. The summed E-state index contributed by atoms with van der Waals surface area (Å²) >= 11 is 6.29. The van der Waals surface area contributed by atoms with E-state index in [0.717, 1.165) is 47.7 Å². The predicted octanol–water partition coefficient (Wildman–Crippen LogP) is 3.20. The Morgan fingerprint density at radius 1 is 1.27 bits per heavy atom. The largest absolute Gasteiger partial charge is 0.299 e. The van der Waals surface area contributed by atoms with Crippen LogP contribution in [0.2, 0.25) is 5.02 Å². The molecule has 5 nitrogen and oxygen atoms in total. The van der Waals surface area contributed by atoms with E-state index in [1.54, 1.807) is 10.9 Å². The first-order chi connectivity index (χ1) is 12.6. The van der Waals surface area contributed by atoms with Gasteiger partial charge in [-0.25, -0.2) is 9.67 Å². The molecule has 134 valence electrons. The highest BCUT2D eigenvalue weighted by Crippen LogP contribution is 2.24. The van der Waals surface area contributed by atoms with Crippen molar-refractivity contribution in [2.45, 2.75) is 31.8 Å². The van der Waals surface area contributed by atoms with Gasteiger partial charge in [-0.05, 0) is 50.1 Å². The average molecular weight is 369 g/mol. The first kappa shape index (κ1) is 17.1. The highest BCUT2D eigenvalue weighted by Gasteiger charge is 2.27. The van der Waals surface area contributed by atoms with Crippen molar-refractivity contribution in [2.75, 3.05) is 7.05 Å². The molecule has 0 amide bonds. The van der Waals surface area contributed by atoms with Gasteiger partial charge in [-0.15, -0.1) is 0 Å². The van der Waals surface area contributed by atoms with Gasteiger partial charge in [0.25, 0.3) is 5.56 Å². The average Bonchev–Trinajstić information content (AvgIpc) is 3.00. The van der Waals surface area contributed by atoms with Crippen LogP contribution in [0.1, 0.15) is 23.2 Å². The van der Waals surface area contributed by atoms with Gasteiger partial charge in [-0.3, -0.25) is 14.8 Å². The molecule has 2 heterocycles. The van der Waals surface area contributed by atoms with E-state index in [1.807, 2.05) is 36.4 Å². The van der Waals surface area contributed by atoms with Crippen LogP contribution in [0.4, 0.5) is 0 Å². The number of halogens is 1. The predicted molar refractivity (Wildman–Crippen MR) is 103 cm³/mol. The lowest BCUT2D eigenvalue weighted by molar-refractivity contribution is 0.213. The number of fused-ring (bicyclic) bond motifs is 1. The van der Waals surface area contributed by atoms with Gasteiger partial charge in [0, 0.05) is 35.1 Å². The maximum Gasteiger partial charge on any atom is 0.276 e. The van der Waals surface area contributed by atoms with Crippen molar-refractivity contribution in [1.82, 2.24) is 19.7 Å². The van der Waals surface area contributed by atoms with E-state index in [0.29, 0.717) is 11.9 Å². The molecular weight excluding hydrogens is 348 g/mol. The van der Waals surface area contributed by atoms with Crippen molar-refractivity contribution >= 4 is 11.6 Å². The second-order valence-corrected chi connectivity index (χ2v) is 7.21. The summed E-state index contributed by atoms with van der Waals surface area (Å²) in [7, 11) is 2.10. The van der Waals surface area contributed by atoms with E-state index in [9.17, 15) is 4.79 Å². The third-order valence-electron chi connectivity index (χ3n) is 5.12. The van der Waals surface area contributed by atoms with Crippen molar-refractivity contribution in [2.24, 2.45) is 0 Å². The molecular formula is C20H21ClN4O. The van der Waals surface area contributed by atoms with Crippen molar-refractivity contribution in [3.8, 4) is 5.82 Å². The van der Waals surface area contributed by atoms with Crippen LogP contribution in [-0.4, -0.2) is 32.8 Å². The normalized spacial score (nSPS) is 16.7. The molecule has 0 fully saturated rings. The molecule has 0 saturated heterocycles. The molecule has 1 unspecified atom stereocenters. The van der Waals surface area contributed by atoms with Crippen LogP contribution >= 0.6 is 11.6 Å². The fourth-order valence-corrected chi connectivity index (χ4v) is 3.83. The molecule has 0 saturated carbocycles. The molecule has 0 aliphatic heterocycles. The van der Waals surface area contributed by atoms with Crippen LogP contribution in [0.15, 0.2) is 53.5 Å². The minimum Gasteiger partial charge on any atom is -0.299 e. The SMILES string of the molecule is CN(Cc1ccccc1Cl)C1CCc2[nH]n(-c3ccccn3)c(=O)c2C1. The Morgan fingerprint density at radius 2 is 2.08 bits per heavy atom. The molecule has 3 aromatic rings. The lowest BCUT2D eigenvalue weighted by Crippen LogP contribution is -2.37. The van der Waals surface area contributed by atoms with Gasteiger partial charge in [-0.2, -0.15) is 0 Å². The Kier molecular flexibility index (Phi) is 4.66. The number of aryl methyl sites for hydroxylation is 1. The zero-order valence-corrected chi connectivity index (χ0v) is 15.4. The summed E-state index contributed by atoms with van der Waals surface area (Å²) in [6.07, 6.45) is 4.31. The fraction of sp³-hybridized carbons (Fsp3) is 0.300. The van der Waals surface area contributed by atoms with Crippen LogP contribution in [0.5, 0.6) is 0 Å². The van der Waals surface area contributed by atoms with E-state index >= 15 is 0 Å². The molecule has 4 rings (SSSR count). The number of rotatable bonds is 4. The van der Waals surface area contributed by atoms with Crippen LogP contribution in [0, 0.1) is 0 Å². The highest BCUT2D eigenvalue weighted by atomic mass is 35.5. The molecule has 1 aliphatic rings. The molecule has 26 heavy (non-hydrogen) atoms. The number of hydrogen-bond donors (Lipinski definition) is 1. The monoisotopic (exact) mass is 368 g/mol. The third kappa shape index (κ3) is 3.20. The standard InChI is InChI=1S/C20H21ClN4O/c1-24(13-14-6-2-3-7-17(14)21)15-9-10-18-16(12-15)20(26)25(23-18)19-8-4-5-11-22-19/h2-8,11,15,23H,9-10,12-13H2,1H3. The van der Waals surface area contributed by atoms with Crippen LogP contribution < -0.4 is 5.56 Å². The second kappa shape index (κ2) is 7.09. The number of nitrogens with zero attached hydrogens (tertiary/aromatic N) is 3. The van der Waals surface area contributed by atoms with Gasteiger partial charge >= 0.3 is 0 Å². The summed E-state index contributed by atoms with van der Waals surface area (Å²) in [5, 5.41) is 4.03. The number of pyridine rings is 1. The summed E-state index contributed by atoms with van der Waals surface area (Å²) in [5.74, 6) is 0.632. The number of hydrogen-bond acceptors (Lipinski definition) is 3. The van der Waals surface area contributed by atoms with Gasteiger partial charge < -0.3 is 0 Å². The van der Waals surface area contributed by atoms with Crippen molar-refractivity contribution in [1.29, 1.82) is 0 Å². The second-order valence-electron chi connectivity index (χ2n) is 6.80. The van der Waals surface area contributed by atoms with Crippen LogP contribution in [-0.2, 0) is 19.4 Å². The molecule has 1 aliphatic carbocycles. The number of nitrogens with one attached hydrogen (secondary N) is 1. The Morgan fingerprint density at radius 3 is 2.85 bits per heavy atom. The summed E-state index contributed by atoms with van der Waals surface area (Å²) in [6, 6.07) is 13.8. The Hall–Kier alpha value is -2.37. The van der Waals surface area contributed by atoms with Crippen molar-refractivity contribution in [3.05, 3.63) is 80.9 Å². The number of aromatic amines is 1. The molecule has 6 heteroatoms. The van der Waals surface area contributed by atoms with Crippen LogP contribution in [0.3, 0.4) is 0 Å². The maximum absolute atomic E-state index is 12.8. The van der Waals surface area contributed by atoms with E-state index in [4.69, 9.17) is 11.6 Å². The number of aromatic nitrogens is 3. The van der Waals surface area contributed by atoms with Crippen LogP contribution in [0.25, 0.3) is 5.82 Å². The van der Waals surface area contributed by atoms with E-state index in [2.05, 4.69) is 28.1 Å². The van der Waals surface area contributed by atoms with Crippen molar-refractivity contribution in [3.63, 3.8) is 0 Å². The lowest BCUT2D eigenvalue weighted by Gasteiger charge is -2.30. The summed E-state index contributed by atoms with van der Waals surface area (Å²) in [4.78, 5) is 19.4. The summed E-state index contributed by atoms with van der Waals surface area (Å²) in [5.41, 5.74) is 3.03. The third-order valence-corrected chi connectivity index (χ3v) is 5.49. The van der Waals surface area contributed by atoms with Gasteiger partial charge in [0.1, 0.15) is 0 Å². The van der Waals surface area contributed by atoms with E-state index in [-0.39, 0.29) is 5.56 Å². The summed E-state index contributed by atoms with van der Waals surface area (Å²) < 4.78 is 1.56. The maximum atomic E-state index is 12.8. The fourth-order valence-electron chi connectivity index (χ4n) is 3.63. The molecule has 2 aromatic heterocycles. The van der Waals surface area contributed by atoms with Gasteiger partial charge in [0.15, 0.2) is 5.82 Å². The Bertz CT molecular complexity index is 963.